The number of carbonyl (C=O) groups excluding carboxylic acids is 1. The zero-order valence-corrected chi connectivity index (χ0v) is 18.9. The average Bonchev–Trinajstić information content (AvgIpc) is 3.26. The van der Waals surface area contributed by atoms with Crippen molar-refractivity contribution < 1.29 is 9.32 Å². The summed E-state index contributed by atoms with van der Waals surface area (Å²) in [5, 5.41) is 9.70. The number of aromatic nitrogens is 2. The number of likely N-dealkylation sites (tertiary alicyclic amines) is 1. The summed E-state index contributed by atoms with van der Waals surface area (Å²) >= 11 is 0. The molecule has 1 aromatic carbocycles. The fraction of sp³-hybridized carbons (Fsp3) is 0.480. The van der Waals surface area contributed by atoms with Gasteiger partial charge in [-0.05, 0) is 63.1 Å². The van der Waals surface area contributed by atoms with Gasteiger partial charge in [0.2, 0.25) is 0 Å². The van der Waals surface area contributed by atoms with Gasteiger partial charge in [-0.15, -0.1) is 0 Å². The third-order valence-corrected chi connectivity index (χ3v) is 6.86. The summed E-state index contributed by atoms with van der Waals surface area (Å²) in [5.41, 5.74) is 2.05. The molecule has 0 spiro atoms. The van der Waals surface area contributed by atoms with Crippen LogP contribution in [0.3, 0.4) is 0 Å². The quantitative estimate of drug-likeness (QED) is 0.663. The normalized spacial score (nSPS) is 19.9. The van der Waals surface area contributed by atoms with Crippen LogP contribution in [0.25, 0.3) is 10.8 Å². The van der Waals surface area contributed by atoms with Crippen LogP contribution in [-0.4, -0.2) is 53.3 Å². The molecule has 7 heteroatoms. The standard InChI is InChI=1S/C25H31N5O2/c1-17-5-3-6-20-8-12-27-24(23(17)20)30(21-7-4-11-26-16-21)25(31)29-13-9-19(10-14-29)22-15-18(2)28-32-22/h3,5-6,8,12,15,19,21,26H,4,7,9-11,13-14,16H2,1-2H3/t21-/m1/s1. The summed E-state index contributed by atoms with van der Waals surface area (Å²) in [6.07, 6.45) is 5.64. The van der Waals surface area contributed by atoms with E-state index < -0.39 is 0 Å². The highest BCUT2D eigenvalue weighted by atomic mass is 16.5. The van der Waals surface area contributed by atoms with Crippen LogP contribution in [0.15, 0.2) is 41.1 Å². The molecular formula is C25H31N5O2. The van der Waals surface area contributed by atoms with Gasteiger partial charge in [-0.25, -0.2) is 9.78 Å². The van der Waals surface area contributed by atoms with Gasteiger partial charge in [0.25, 0.3) is 0 Å². The maximum absolute atomic E-state index is 13.9. The lowest BCUT2D eigenvalue weighted by Crippen LogP contribution is -2.55. The molecule has 0 saturated carbocycles. The van der Waals surface area contributed by atoms with E-state index in [-0.39, 0.29) is 12.1 Å². The molecule has 1 N–H and O–H groups in total. The Morgan fingerprint density at radius 2 is 2.03 bits per heavy atom. The lowest BCUT2D eigenvalue weighted by Gasteiger charge is -2.40. The smallest absolute Gasteiger partial charge is 0.325 e. The minimum absolute atomic E-state index is 0.0640. The minimum atomic E-state index is 0.0640. The van der Waals surface area contributed by atoms with Crippen molar-refractivity contribution in [2.45, 2.75) is 51.5 Å². The van der Waals surface area contributed by atoms with Crippen LogP contribution in [-0.2, 0) is 0 Å². The number of aryl methyl sites for hydroxylation is 2. The fourth-order valence-electron chi connectivity index (χ4n) is 5.13. The van der Waals surface area contributed by atoms with Gasteiger partial charge >= 0.3 is 6.03 Å². The van der Waals surface area contributed by atoms with Gasteiger partial charge in [-0.1, -0.05) is 23.4 Å². The number of anilines is 1. The SMILES string of the molecule is Cc1cc(C2CCN(C(=O)N(c3nccc4cccc(C)c34)[C@@H]3CCCNC3)CC2)on1. The second kappa shape index (κ2) is 8.90. The van der Waals surface area contributed by atoms with E-state index in [4.69, 9.17) is 9.51 Å². The summed E-state index contributed by atoms with van der Waals surface area (Å²) in [6, 6.07) is 10.5. The monoisotopic (exact) mass is 433 g/mol. The van der Waals surface area contributed by atoms with Gasteiger partial charge < -0.3 is 14.7 Å². The Bertz CT molecular complexity index is 1090. The molecular weight excluding hydrogens is 402 g/mol. The van der Waals surface area contributed by atoms with Crippen molar-refractivity contribution in [1.82, 2.24) is 20.4 Å². The number of urea groups is 1. The van der Waals surface area contributed by atoms with Crippen LogP contribution in [0.5, 0.6) is 0 Å². The van der Waals surface area contributed by atoms with Crippen LogP contribution in [0.4, 0.5) is 10.6 Å². The summed E-state index contributed by atoms with van der Waals surface area (Å²) < 4.78 is 5.49. The molecule has 0 bridgehead atoms. The number of hydrogen-bond donors (Lipinski definition) is 1. The molecule has 168 valence electrons. The molecule has 2 amide bonds. The third kappa shape index (κ3) is 3.97. The summed E-state index contributed by atoms with van der Waals surface area (Å²) in [4.78, 5) is 22.7. The zero-order chi connectivity index (χ0) is 22.1. The van der Waals surface area contributed by atoms with E-state index in [2.05, 4.69) is 35.6 Å². The summed E-state index contributed by atoms with van der Waals surface area (Å²) in [5.74, 6) is 2.05. The highest BCUT2D eigenvalue weighted by molar-refractivity contribution is 6.03. The molecule has 7 nitrogen and oxygen atoms in total. The molecule has 2 fully saturated rings. The van der Waals surface area contributed by atoms with Crippen LogP contribution < -0.4 is 10.2 Å². The molecule has 0 radical (unpaired) electrons. The minimum Gasteiger partial charge on any atom is -0.361 e. The Balaban J connectivity index is 1.44. The zero-order valence-electron chi connectivity index (χ0n) is 18.9. The number of pyridine rings is 1. The molecule has 1 atom stereocenters. The number of amides is 2. The van der Waals surface area contributed by atoms with Crippen molar-refractivity contribution in [2.75, 3.05) is 31.1 Å². The Morgan fingerprint density at radius 1 is 1.19 bits per heavy atom. The maximum Gasteiger partial charge on any atom is 0.325 e. The first-order chi connectivity index (χ1) is 15.6. The lowest BCUT2D eigenvalue weighted by molar-refractivity contribution is 0.178. The highest BCUT2D eigenvalue weighted by Gasteiger charge is 2.35. The van der Waals surface area contributed by atoms with Gasteiger partial charge in [0.15, 0.2) is 0 Å². The Kier molecular flexibility index (Phi) is 5.83. The van der Waals surface area contributed by atoms with Crippen LogP contribution >= 0.6 is 0 Å². The summed E-state index contributed by atoms with van der Waals surface area (Å²) in [7, 11) is 0. The maximum atomic E-state index is 13.9. The molecule has 32 heavy (non-hydrogen) atoms. The fourth-order valence-corrected chi connectivity index (χ4v) is 5.13. The van der Waals surface area contributed by atoms with Gasteiger partial charge in [0, 0.05) is 43.2 Å². The molecule has 2 aliphatic rings. The first kappa shape index (κ1) is 20.9. The van der Waals surface area contributed by atoms with Gasteiger partial charge in [0.1, 0.15) is 11.6 Å². The van der Waals surface area contributed by atoms with Crippen LogP contribution in [0.1, 0.15) is 48.6 Å². The predicted octanol–water partition coefficient (Wildman–Crippen LogP) is 4.40. The first-order valence-corrected chi connectivity index (χ1v) is 11.7. The second-order valence-electron chi connectivity index (χ2n) is 9.09. The van der Waals surface area contributed by atoms with Crippen molar-refractivity contribution in [3.63, 3.8) is 0 Å². The number of benzene rings is 1. The number of rotatable bonds is 3. The third-order valence-electron chi connectivity index (χ3n) is 6.86. The van der Waals surface area contributed by atoms with E-state index in [9.17, 15) is 4.79 Å². The molecule has 2 aliphatic heterocycles. The predicted molar refractivity (Wildman–Crippen MR) is 125 cm³/mol. The van der Waals surface area contributed by atoms with Gasteiger partial charge in [-0.3, -0.25) is 4.90 Å². The number of nitrogens with zero attached hydrogens (tertiary/aromatic N) is 4. The van der Waals surface area contributed by atoms with E-state index in [0.29, 0.717) is 19.0 Å². The first-order valence-electron chi connectivity index (χ1n) is 11.7. The van der Waals surface area contributed by atoms with Crippen molar-refractivity contribution in [2.24, 2.45) is 0 Å². The van der Waals surface area contributed by atoms with E-state index in [1.54, 1.807) is 0 Å². The molecule has 5 rings (SSSR count). The van der Waals surface area contributed by atoms with Crippen molar-refractivity contribution in [1.29, 1.82) is 0 Å². The second-order valence-corrected chi connectivity index (χ2v) is 9.09. The number of piperidine rings is 2. The topological polar surface area (TPSA) is 74.5 Å². The Labute approximate surface area is 188 Å². The van der Waals surface area contributed by atoms with Crippen molar-refractivity contribution in [3.05, 3.63) is 53.5 Å². The van der Waals surface area contributed by atoms with Gasteiger partial charge in [-0.2, -0.15) is 0 Å². The molecule has 2 aromatic heterocycles. The Hall–Kier alpha value is -2.93. The summed E-state index contributed by atoms with van der Waals surface area (Å²) in [6.45, 7) is 7.26. The lowest BCUT2D eigenvalue weighted by atomic mass is 9.94. The van der Waals surface area contributed by atoms with E-state index in [1.165, 1.54) is 0 Å². The molecule has 4 heterocycles. The van der Waals surface area contributed by atoms with E-state index >= 15 is 0 Å². The number of hydrogen-bond acceptors (Lipinski definition) is 5. The van der Waals surface area contributed by atoms with E-state index in [1.807, 2.05) is 35.1 Å². The van der Waals surface area contributed by atoms with Gasteiger partial charge in [0.05, 0.1) is 11.7 Å². The number of fused-ring (bicyclic) bond motifs is 1. The molecule has 2 saturated heterocycles. The molecule has 3 aromatic rings. The average molecular weight is 434 g/mol. The molecule has 0 unspecified atom stereocenters. The molecule has 0 aliphatic carbocycles. The largest absolute Gasteiger partial charge is 0.361 e. The number of nitrogens with one attached hydrogen (secondary N) is 1. The van der Waals surface area contributed by atoms with Crippen LogP contribution in [0.2, 0.25) is 0 Å². The van der Waals surface area contributed by atoms with Crippen molar-refractivity contribution >= 4 is 22.6 Å². The Morgan fingerprint density at radius 3 is 2.75 bits per heavy atom. The highest BCUT2D eigenvalue weighted by Crippen LogP contribution is 2.33. The van der Waals surface area contributed by atoms with E-state index in [0.717, 1.165) is 72.4 Å². The van der Waals surface area contributed by atoms with Crippen LogP contribution in [0, 0.1) is 13.8 Å². The van der Waals surface area contributed by atoms with Crippen molar-refractivity contribution in [3.8, 4) is 0 Å². The number of carbonyl (C=O) groups is 1.